The molecule has 24 heavy (non-hydrogen) atoms. The number of nitrogens with zero attached hydrogens (tertiary/aromatic N) is 2. The molecular weight excluding hydrogens is 298 g/mol. The Morgan fingerprint density at radius 3 is 2.88 bits per heavy atom. The second-order valence-electron chi connectivity index (χ2n) is 5.87. The fourth-order valence-corrected chi connectivity index (χ4v) is 2.92. The van der Waals surface area contributed by atoms with Crippen molar-refractivity contribution in [2.24, 2.45) is 0 Å². The molecule has 4 heteroatoms. The first kappa shape index (κ1) is 15.8. The average molecular weight is 317 g/mol. The monoisotopic (exact) mass is 317 g/mol. The Balaban J connectivity index is 1.83. The number of benzene rings is 2. The molecule has 0 radical (unpaired) electrons. The number of aryl methyl sites for hydroxylation is 2. The van der Waals surface area contributed by atoms with Crippen molar-refractivity contribution in [3.05, 3.63) is 71.4 Å². The van der Waals surface area contributed by atoms with E-state index in [0.29, 0.717) is 6.54 Å². The third-order valence-electron chi connectivity index (χ3n) is 4.11. The number of fused-ring (bicyclic) bond motifs is 1. The first-order valence-corrected chi connectivity index (χ1v) is 8.02. The van der Waals surface area contributed by atoms with Crippen LogP contribution in [0.1, 0.15) is 17.5 Å². The summed E-state index contributed by atoms with van der Waals surface area (Å²) < 4.78 is 0. The Labute approximate surface area is 142 Å². The number of amides is 1. The summed E-state index contributed by atoms with van der Waals surface area (Å²) in [6, 6.07) is 17.7. The molecule has 3 rings (SSSR count). The van der Waals surface area contributed by atoms with Crippen LogP contribution in [0.3, 0.4) is 0 Å². The molecule has 0 atom stereocenters. The van der Waals surface area contributed by atoms with E-state index in [1.54, 1.807) is 4.90 Å². The smallest absolute Gasteiger partial charge is 0.270 e. The topological polar surface area (TPSA) is 56.1 Å². The lowest BCUT2D eigenvalue weighted by atomic mass is 10.0. The van der Waals surface area contributed by atoms with E-state index >= 15 is 0 Å². The minimum Gasteiger partial charge on any atom is -0.360 e. The lowest BCUT2D eigenvalue weighted by Gasteiger charge is -2.29. The summed E-state index contributed by atoms with van der Waals surface area (Å²) in [5.74, 6) is -0.259. The number of carbonyl (C=O) groups excluding carboxylic acids is 1. The van der Waals surface area contributed by atoms with E-state index in [2.05, 4.69) is 5.32 Å². The summed E-state index contributed by atoms with van der Waals surface area (Å²) >= 11 is 0. The number of rotatable bonds is 3. The minimum absolute atomic E-state index is 0.105. The second-order valence-corrected chi connectivity index (χ2v) is 5.87. The van der Waals surface area contributed by atoms with Gasteiger partial charge in [0.25, 0.3) is 5.91 Å². The third-order valence-corrected chi connectivity index (χ3v) is 4.11. The van der Waals surface area contributed by atoms with Crippen LogP contribution in [-0.4, -0.2) is 12.5 Å². The summed E-state index contributed by atoms with van der Waals surface area (Å²) in [5.41, 5.74) is 4.14. The molecule has 120 valence electrons. The van der Waals surface area contributed by atoms with Gasteiger partial charge in [-0.1, -0.05) is 30.3 Å². The van der Waals surface area contributed by atoms with Crippen molar-refractivity contribution in [2.45, 2.75) is 19.8 Å². The molecule has 0 fully saturated rings. The van der Waals surface area contributed by atoms with Crippen LogP contribution in [0, 0.1) is 18.3 Å². The molecule has 0 spiro atoms. The molecule has 2 aromatic rings. The van der Waals surface area contributed by atoms with Crippen molar-refractivity contribution in [3.8, 4) is 6.07 Å². The Bertz CT molecular complexity index is 833. The van der Waals surface area contributed by atoms with Gasteiger partial charge in [-0.15, -0.1) is 0 Å². The molecule has 0 aliphatic carbocycles. The Kier molecular flexibility index (Phi) is 4.62. The normalized spacial score (nSPS) is 13.8. The number of nitriles is 1. The molecule has 0 unspecified atom stereocenters. The fraction of sp³-hybridized carbons (Fsp3) is 0.200. The molecule has 1 aliphatic heterocycles. The van der Waals surface area contributed by atoms with Gasteiger partial charge >= 0.3 is 0 Å². The van der Waals surface area contributed by atoms with E-state index in [4.69, 9.17) is 0 Å². The van der Waals surface area contributed by atoms with Crippen LogP contribution in [0.2, 0.25) is 0 Å². The van der Waals surface area contributed by atoms with Crippen molar-refractivity contribution in [2.75, 3.05) is 16.8 Å². The number of carbonyl (C=O) groups is 1. The lowest BCUT2D eigenvalue weighted by Crippen LogP contribution is -2.36. The zero-order chi connectivity index (χ0) is 16.9. The van der Waals surface area contributed by atoms with Gasteiger partial charge in [-0.3, -0.25) is 4.79 Å². The Hall–Kier alpha value is -3.06. The molecule has 1 aliphatic rings. The van der Waals surface area contributed by atoms with E-state index in [0.717, 1.165) is 35.3 Å². The molecule has 4 nitrogen and oxygen atoms in total. The van der Waals surface area contributed by atoms with E-state index in [1.807, 2.05) is 61.5 Å². The molecule has 1 heterocycles. The Morgan fingerprint density at radius 1 is 1.25 bits per heavy atom. The molecule has 0 saturated carbocycles. The van der Waals surface area contributed by atoms with Gasteiger partial charge in [-0.05, 0) is 49.1 Å². The van der Waals surface area contributed by atoms with Gasteiger partial charge < -0.3 is 10.2 Å². The van der Waals surface area contributed by atoms with Crippen LogP contribution in [0.5, 0.6) is 0 Å². The fourth-order valence-electron chi connectivity index (χ4n) is 2.92. The maximum atomic E-state index is 12.8. The highest BCUT2D eigenvalue weighted by Crippen LogP contribution is 2.27. The molecular formula is C20H19N3O. The molecule has 2 aromatic carbocycles. The zero-order valence-electron chi connectivity index (χ0n) is 13.6. The third kappa shape index (κ3) is 3.31. The van der Waals surface area contributed by atoms with Gasteiger partial charge in [-0.25, -0.2) is 0 Å². The van der Waals surface area contributed by atoms with Gasteiger partial charge in [0.1, 0.15) is 11.6 Å². The maximum absolute atomic E-state index is 12.8. The first-order chi connectivity index (χ1) is 11.7. The van der Waals surface area contributed by atoms with Crippen LogP contribution in [0.4, 0.5) is 11.4 Å². The van der Waals surface area contributed by atoms with Crippen molar-refractivity contribution in [3.63, 3.8) is 0 Å². The van der Waals surface area contributed by atoms with Gasteiger partial charge in [0.15, 0.2) is 0 Å². The minimum atomic E-state index is -0.259. The number of anilines is 2. The number of hydrogen-bond acceptors (Lipinski definition) is 3. The van der Waals surface area contributed by atoms with Crippen LogP contribution in [0.25, 0.3) is 0 Å². The van der Waals surface area contributed by atoms with E-state index in [1.165, 1.54) is 6.20 Å². The first-order valence-electron chi connectivity index (χ1n) is 8.02. The maximum Gasteiger partial charge on any atom is 0.270 e. The zero-order valence-corrected chi connectivity index (χ0v) is 13.6. The highest BCUT2D eigenvalue weighted by Gasteiger charge is 2.24. The van der Waals surface area contributed by atoms with Crippen LogP contribution in [-0.2, 0) is 11.2 Å². The van der Waals surface area contributed by atoms with Crippen molar-refractivity contribution < 1.29 is 4.79 Å². The number of nitrogens with one attached hydrogen (secondary N) is 1. The SMILES string of the molecule is Cc1cccc(N/C=C(/C#N)C(=O)N2CCCc3ccccc32)c1. The molecule has 1 N–H and O–H groups in total. The quantitative estimate of drug-likeness (QED) is 0.692. The summed E-state index contributed by atoms with van der Waals surface area (Å²) in [6.07, 6.45) is 3.37. The largest absolute Gasteiger partial charge is 0.360 e. The van der Waals surface area contributed by atoms with Crippen LogP contribution >= 0.6 is 0 Å². The number of para-hydroxylation sites is 1. The molecule has 0 bridgehead atoms. The summed E-state index contributed by atoms with van der Waals surface area (Å²) in [5, 5.41) is 12.5. The van der Waals surface area contributed by atoms with E-state index in [9.17, 15) is 10.1 Å². The highest BCUT2D eigenvalue weighted by atomic mass is 16.2. The highest BCUT2D eigenvalue weighted by molar-refractivity contribution is 6.09. The standard InChI is InChI=1S/C20H19N3O/c1-15-6-4-9-18(12-15)22-14-17(13-21)20(24)23-11-5-8-16-7-2-3-10-19(16)23/h2-4,6-7,9-10,12,14,22H,5,8,11H2,1H3/b17-14-. The van der Waals surface area contributed by atoms with Crippen LogP contribution < -0.4 is 10.2 Å². The van der Waals surface area contributed by atoms with Gasteiger partial charge in [0.2, 0.25) is 0 Å². The van der Waals surface area contributed by atoms with Crippen molar-refractivity contribution >= 4 is 17.3 Å². The van der Waals surface area contributed by atoms with Crippen LogP contribution in [0.15, 0.2) is 60.3 Å². The predicted molar refractivity (Wildman–Crippen MR) is 95.6 cm³/mol. The molecule has 0 aromatic heterocycles. The van der Waals surface area contributed by atoms with Gasteiger partial charge in [0, 0.05) is 24.1 Å². The summed E-state index contributed by atoms with van der Waals surface area (Å²) in [7, 11) is 0. The van der Waals surface area contributed by atoms with E-state index in [-0.39, 0.29) is 11.5 Å². The molecule has 1 amide bonds. The molecule has 0 saturated heterocycles. The Morgan fingerprint density at radius 2 is 2.08 bits per heavy atom. The summed E-state index contributed by atoms with van der Waals surface area (Å²) in [4.78, 5) is 14.5. The average Bonchev–Trinajstić information content (AvgIpc) is 2.61. The van der Waals surface area contributed by atoms with Crippen molar-refractivity contribution in [1.29, 1.82) is 5.26 Å². The number of hydrogen-bond donors (Lipinski definition) is 1. The van der Waals surface area contributed by atoms with E-state index < -0.39 is 0 Å². The predicted octanol–water partition coefficient (Wildman–Crippen LogP) is 3.79. The second kappa shape index (κ2) is 7.01. The summed E-state index contributed by atoms with van der Waals surface area (Å²) in [6.45, 7) is 2.63. The van der Waals surface area contributed by atoms with Gasteiger partial charge in [-0.2, -0.15) is 5.26 Å². The lowest BCUT2D eigenvalue weighted by molar-refractivity contribution is -0.114. The van der Waals surface area contributed by atoms with Crippen molar-refractivity contribution in [1.82, 2.24) is 0 Å². The van der Waals surface area contributed by atoms with Gasteiger partial charge in [0.05, 0.1) is 0 Å².